The molecule has 0 aromatic heterocycles. The fourth-order valence-corrected chi connectivity index (χ4v) is 2.12. The second kappa shape index (κ2) is 10.5. The van der Waals surface area contributed by atoms with Crippen LogP contribution in [0.25, 0.3) is 5.76 Å². The monoisotopic (exact) mass is 348 g/mol. The number of aliphatic hydroxyl groups excluding tert-OH is 1. The Balaban J connectivity index is 0.00000338. The predicted octanol–water partition coefficient (Wildman–Crippen LogP) is 0.803. The zero-order valence-corrected chi connectivity index (χ0v) is 15.2. The Morgan fingerprint density at radius 1 is 1.04 bits per heavy atom. The SMILES string of the molecule is CCOC(=O)C(=O)/C(C)=C(\O)c1ccc(OCc2ccccc2)cc1.[H-].[Li+]. The number of carbonyl (C=O) groups excluding carboxylic acids is 2. The summed E-state index contributed by atoms with van der Waals surface area (Å²) in [5.41, 5.74) is 1.41. The fourth-order valence-electron chi connectivity index (χ4n) is 2.12. The minimum absolute atomic E-state index is 0. The molecule has 1 N–H and O–H groups in total. The molecule has 0 aliphatic rings. The number of aliphatic hydroxyl groups is 1. The molecule has 2 aromatic carbocycles. The summed E-state index contributed by atoms with van der Waals surface area (Å²) >= 11 is 0. The molecule has 0 bridgehead atoms. The summed E-state index contributed by atoms with van der Waals surface area (Å²) in [5.74, 6) is -1.46. The van der Waals surface area contributed by atoms with Gasteiger partial charge in [-0.15, -0.1) is 0 Å². The molecule has 0 saturated heterocycles. The fraction of sp³-hybridized carbons (Fsp3) is 0.200. The first-order valence-corrected chi connectivity index (χ1v) is 7.91. The summed E-state index contributed by atoms with van der Waals surface area (Å²) in [5, 5.41) is 10.2. The molecule has 0 aliphatic carbocycles. The first-order valence-electron chi connectivity index (χ1n) is 7.91. The Bertz CT molecular complexity index is 773. The number of esters is 1. The third-order valence-corrected chi connectivity index (χ3v) is 3.53. The Morgan fingerprint density at radius 2 is 1.65 bits per heavy atom. The topological polar surface area (TPSA) is 72.8 Å². The normalized spacial score (nSPS) is 11.0. The molecule has 0 unspecified atom stereocenters. The Hall–Kier alpha value is -2.48. The zero-order valence-electron chi connectivity index (χ0n) is 16.2. The first kappa shape index (κ1) is 21.6. The maximum Gasteiger partial charge on any atom is 1.00 e. The molecule has 0 heterocycles. The summed E-state index contributed by atoms with van der Waals surface area (Å²) in [6.07, 6.45) is 0. The van der Waals surface area contributed by atoms with Crippen LogP contribution in [-0.4, -0.2) is 23.5 Å². The van der Waals surface area contributed by atoms with Crippen LogP contribution in [0.15, 0.2) is 60.2 Å². The van der Waals surface area contributed by atoms with Gasteiger partial charge in [-0.1, -0.05) is 30.3 Å². The first-order chi connectivity index (χ1) is 12.0. The molecule has 2 aromatic rings. The summed E-state index contributed by atoms with van der Waals surface area (Å²) in [6.45, 7) is 3.53. The van der Waals surface area contributed by atoms with Gasteiger partial charge in [0.15, 0.2) is 0 Å². The summed E-state index contributed by atoms with van der Waals surface area (Å²) < 4.78 is 10.3. The van der Waals surface area contributed by atoms with Crippen molar-refractivity contribution in [3.63, 3.8) is 0 Å². The molecule has 5 nitrogen and oxygen atoms in total. The average molecular weight is 348 g/mol. The van der Waals surface area contributed by atoms with Crippen LogP contribution in [0, 0.1) is 0 Å². The standard InChI is InChI=1S/C20H20O5.Li.H/c1-3-24-20(23)19(22)14(2)18(21)16-9-11-17(12-10-16)25-13-15-7-5-4-6-8-15;;/h4-12,21H,3,13H2,1-2H3;;/q;+1;-1/b18-14-;;. The molecule has 0 amide bonds. The number of ketones is 1. The van der Waals surface area contributed by atoms with Gasteiger partial charge in [0.25, 0.3) is 5.78 Å². The minimum Gasteiger partial charge on any atom is -1.00 e. The third-order valence-electron chi connectivity index (χ3n) is 3.53. The predicted molar refractivity (Wildman–Crippen MR) is 95.2 cm³/mol. The van der Waals surface area contributed by atoms with Crippen molar-refractivity contribution >= 4 is 17.5 Å². The summed E-state index contributed by atoms with van der Waals surface area (Å²) in [6, 6.07) is 16.4. The number of hydrogen-bond acceptors (Lipinski definition) is 5. The quantitative estimate of drug-likeness (QED) is 0.263. The zero-order chi connectivity index (χ0) is 18.2. The molecule has 26 heavy (non-hydrogen) atoms. The molecule has 0 fully saturated rings. The van der Waals surface area contributed by atoms with Gasteiger partial charge in [-0.25, -0.2) is 4.79 Å². The van der Waals surface area contributed by atoms with E-state index < -0.39 is 11.8 Å². The van der Waals surface area contributed by atoms with E-state index in [2.05, 4.69) is 4.74 Å². The van der Waals surface area contributed by atoms with Crippen LogP contribution in [0.4, 0.5) is 0 Å². The van der Waals surface area contributed by atoms with Crippen LogP contribution >= 0.6 is 0 Å². The van der Waals surface area contributed by atoms with E-state index in [1.165, 1.54) is 6.92 Å². The summed E-state index contributed by atoms with van der Waals surface area (Å²) in [4.78, 5) is 23.3. The van der Waals surface area contributed by atoms with Crippen LogP contribution in [0.1, 0.15) is 26.4 Å². The molecule has 0 atom stereocenters. The van der Waals surface area contributed by atoms with E-state index in [-0.39, 0.29) is 38.2 Å². The van der Waals surface area contributed by atoms with Gasteiger partial charge in [0.1, 0.15) is 18.1 Å². The number of ether oxygens (including phenoxy) is 2. The van der Waals surface area contributed by atoms with Crippen molar-refractivity contribution in [1.82, 2.24) is 0 Å². The van der Waals surface area contributed by atoms with Crippen LogP contribution in [0.5, 0.6) is 5.75 Å². The van der Waals surface area contributed by atoms with Gasteiger partial charge >= 0.3 is 24.8 Å². The van der Waals surface area contributed by atoms with Gasteiger partial charge < -0.3 is 16.0 Å². The van der Waals surface area contributed by atoms with E-state index in [1.807, 2.05) is 30.3 Å². The third kappa shape index (κ3) is 5.80. The number of benzene rings is 2. The van der Waals surface area contributed by atoms with E-state index in [0.717, 1.165) is 5.56 Å². The molecule has 0 saturated carbocycles. The van der Waals surface area contributed by atoms with Gasteiger partial charge in [-0.05, 0) is 43.7 Å². The number of hydrogen-bond donors (Lipinski definition) is 1. The molecule has 132 valence electrons. The van der Waals surface area contributed by atoms with E-state index in [4.69, 9.17) is 4.74 Å². The van der Waals surface area contributed by atoms with E-state index in [1.54, 1.807) is 31.2 Å². The Labute approximate surface area is 166 Å². The Morgan fingerprint density at radius 3 is 2.23 bits per heavy atom. The van der Waals surface area contributed by atoms with Crippen molar-refractivity contribution in [2.75, 3.05) is 6.61 Å². The van der Waals surface area contributed by atoms with Crippen molar-refractivity contribution in [3.05, 3.63) is 71.3 Å². The van der Waals surface area contributed by atoms with E-state index in [9.17, 15) is 14.7 Å². The molecular formula is C20H21LiO5. The molecule has 0 radical (unpaired) electrons. The van der Waals surface area contributed by atoms with Crippen LogP contribution in [-0.2, 0) is 20.9 Å². The second-order valence-corrected chi connectivity index (χ2v) is 5.32. The maximum absolute atomic E-state index is 11.9. The number of rotatable bonds is 7. The molecule has 0 spiro atoms. The van der Waals surface area contributed by atoms with Gasteiger partial charge in [0.2, 0.25) is 0 Å². The number of Topliss-reactive ketones (excluding diaryl/α,β-unsaturated/α-hetero) is 1. The smallest absolute Gasteiger partial charge is 1.00 e. The van der Waals surface area contributed by atoms with Gasteiger partial charge in [-0.3, -0.25) is 4.79 Å². The average Bonchev–Trinajstić information content (AvgIpc) is 2.66. The van der Waals surface area contributed by atoms with Crippen molar-refractivity contribution in [2.24, 2.45) is 0 Å². The van der Waals surface area contributed by atoms with Crippen LogP contribution < -0.4 is 23.6 Å². The molecule has 2 rings (SSSR count). The second-order valence-electron chi connectivity index (χ2n) is 5.32. The molecule has 6 heteroatoms. The van der Waals surface area contributed by atoms with Gasteiger partial charge in [-0.2, -0.15) is 0 Å². The Kier molecular flexibility index (Phi) is 8.70. The molecular weight excluding hydrogens is 327 g/mol. The van der Waals surface area contributed by atoms with E-state index >= 15 is 0 Å². The molecule has 0 aliphatic heterocycles. The van der Waals surface area contributed by atoms with Gasteiger partial charge in [0, 0.05) is 11.1 Å². The van der Waals surface area contributed by atoms with Crippen molar-refractivity contribution < 1.29 is 44.5 Å². The largest absolute Gasteiger partial charge is 1.00 e. The number of carbonyl (C=O) groups is 2. The van der Waals surface area contributed by atoms with Crippen LogP contribution in [0.2, 0.25) is 0 Å². The van der Waals surface area contributed by atoms with Crippen molar-refractivity contribution in [2.45, 2.75) is 20.5 Å². The summed E-state index contributed by atoms with van der Waals surface area (Å²) in [7, 11) is 0. The van der Waals surface area contributed by atoms with E-state index in [0.29, 0.717) is 17.9 Å². The van der Waals surface area contributed by atoms with Crippen LogP contribution in [0.3, 0.4) is 0 Å². The minimum atomic E-state index is -0.977. The maximum atomic E-state index is 11.9. The van der Waals surface area contributed by atoms with Crippen molar-refractivity contribution in [3.8, 4) is 5.75 Å². The van der Waals surface area contributed by atoms with Crippen molar-refractivity contribution in [1.29, 1.82) is 0 Å². The van der Waals surface area contributed by atoms with Gasteiger partial charge in [0.05, 0.1) is 6.61 Å².